The van der Waals surface area contributed by atoms with Crippen LogP contribution in [0.5, 0.6) is 0 Å². The Bertz CT molecular complexity index is 1360. The highest BCUT2D eigenvalue weighted by Gasteiger charge is 2.33. The van der Waals surface area contributed by atoms with Gasteiger partial charge in [0.15, 0.2) is 0 Å². The molecule has 7 heteroatoms. The monoisotopic (exact) mass is 420 g/mol. The highest BCUT2D eigenvalue weighted by molar-refractivity contribution is 6.14. The largest absolute Gasteiger partial charge is 0.462 e. The predicted octanol–water partition coefficient (Wildman–Crippen LogP) is 3.71. The van der Waals surface area contributed by atoms with E-state index in [-0.39, 0.29) is 35.4 Å². The Morgan fingerprint density at radius 2 is 1.52 bits per heavy atom. The maximum atomic E-state index is 13.6. The summed E-state index contributed by atoms with van der Waals surface area (Å²) in [7, 11) is 0. The summed E-state index contributed by atoms with van der Waals surface area (Å²) < 4.78 is 13.8. The van der Waals surface area contributed by atoms with E-state index in [4.69, 9.17) is 9.47 Å². The molecule has 0 aliphatic heterocycles. The van der Waals surface area contributed by atoms with Gasteiger partial charge >= 0.3 is 11.9 Å². The normalized spacial score (nSPS) is 11.4. The van der Waals surface area contributed by atoms with Crippen LogP contribution >= 0.6 is 0 Å². The molecule has 0 aliphatic carbocycles. The summed E-state index contributed by atoms with van der Waals surface area (Å²) >= 11 is 0. The Morgan fingerprint density at radius 1 is 0.871 bits per heavy atom. The first-order valence-electron chi connectivity index (χ1n) is 10.3. The standard InChI is InChI=1S/C24H24N2O5/c1-5-30-23(28)18-17-12-11-15(4)21-25(13-16-10-8-7-9-14(16)3)22(27)20(26(17)21)19(18)24(29)31-6-2/h7-12H,5-6,13H2,1-4H3. The first-order valence-corrected chi connectivity index (χ1v) is 10.3. The maximum absolute atomic E-state index is 13.6. The predicted molar refractivity (Wildman–Crippen MR) is 117 cm³/mol. The zero-order chi connectivity index (χ0) is 22.3. The highest BCUT2D eigenvalue weighted by atomic mass is 16.5. The molecule has 0 unspecified atom stereocenters. The Hall–Kier alpha value is -3.61. The van der Waals surface area contributed by atoms with Crippen LogP contribution in [-0.4, -0.2) is 34.1 Å². The second-order valence-corrected chi connectivity index (χ2v) is 7.42. The fraction of sp³-hybridized carbons (Fsp3) is 0.292. The number of pyridine rings is 1. The van der Waals surface area contributed by atoms with E-state index in [1.807, 2.05) is 44.2 Å². The zero-order valence-electron chi connectivity index (χ0n) is 18.0. The van der Waals surface area contributed by atoms with Crippen LogP contribution in [0, 0.1) is 13.8 Å². The van der Waals surface area contributed by atoms with Gasteiger partial charge in [0, 0.05) is 0 Å². The summed E-state index contributed by atoms with van der Waals surface area (Å²) in [6.45, 7) is 7.89. The lowest BCUT2D eigenvalue weighted by Gasteiger charge is -2.10. The van der Waals surface area contributed by atoms with Crippen LogP contribution in [0.25, 0.3) is 16.7 Å². The molecule has 160 valence electrons. The molecule has 0 atom stereocenters. The van der Waals surface area contributed by atoms with Crippen molar-refractivity contribution >= 4 is 28.6 Å². The summed E-state index contributed by atoms with van der Waals surface area (Å²) in [5.41, 5.74) is 3.85. The molecule has 0 amide bonds. The second-order valence-electron chi connectivity index (χ2n) is 7.42. The average molecular weight is 420 g/mol. The van der Waals surface area contributed by atoms with Crippen LogP contribution in [-0.2, 0) is 16.0 Å². The average Bonchev–Trinajstić information content (AvgIpc) is 3.22. The Balaban J connectivity index is 2.09. The number of carbonyl (C=O) groups excluding carboxylic acids is 2. The fourth-order valence-electron chi connectivity index (χ4n) is 4.10. The molecular weight excluding hydrogens is 396 g/mol. The topological polar surface area (TPSA) is 79.0 Å². The van der Waals surface area contributed by atoms with E-state index >= 15 is 0 Å². The molecule has 4 aromatic rings. The molecule has 0 saturated heterocycles. The van der Waals surface area contributed by atoms with Crippen molar-refractivity contribution < 1.29 is 19.1 Å². The SMILES string of the molecule is CCOC(=O)c1c(C(=O)OCC)c2c(=O)n(Cc3ccccc3C)c3c(C)ccc1n23. The highest BCUT2D eigenvalue weighted by Crippen LogP contribution is 2.30. The third-order valence-corrected chi connectivity index (χ3v) is 5.52. The van der Waals surface area contributed by atoms with Crippen molar-refractivity contribution in [3.63, 3.8) is 0 Å². The van der Waals surface area contributed by atoms with Gasteiger partial charge in [-0.3, -0.25) is 13.8 Å². The van der Waals surface area contributed by atoms with Crippen molar-refractivity contribution in [1.82, 2.24) is 8.97 Å². The summed E-state index contributed by atoms with van der Waals surface area (Å²) in [4.78, 5) is 39.3. The molecule has 31 heavy (non-hydrogen) atoms. The minimum absolute atomic E-state index is 0.0376. The molecule has 1 aromatic carbocycles. The summed E-state index contributed by atoms with van der Waals surface area (Å²) in [5.74, 6) is -1.36. The van der Waals surface area contributed by atoms with Gasteiger partial charge in [-0.2, -0.15) is 0 Å². The van der Waals surface area contributed by atoms with Gasteiger partial charge < -0.3 is 9.47 Å². The molecule has 3 aromatic heterocycles. The molecule has 0 bridgehead atoms. The van der Waals surface area contributed by atoms with Crippen LogP contribution in [0.1, 0.15) is 51.3 Å². The number of hydrogen-bond donors (Lipinski definition) is 0. The number of nitrogens with zero attached hydrogens (tertiary/aromatic N) is 2. The van der Waals surface area contributed by atoms with E-state index in [0.29, 0.717) is 17.7 Å². The molecule has 0 N–H and O–H groups in total. The third-order valence-electron chi connectivity index (χ3n) is 5.52. The number of benzene rings is 1. The molecule has 0 fully saturated rings. The number of hydrogen-bond acceptors (Lipinski definition) is 5. The van der Waals surface area contributed by atoms with E-state index in [9.17, 15) is 14.4 Å². The molecule has 0 radical (unpaired) electrons. The molecule has 4 rings (SSSR count). The van der Waals surface area contributed by atoms with Crippen molar-refractivity contribution in [3.05, 3.63) is 74.6 Å². The number of rotatable bonds is 6. The number of carbonyl (C=O) groups is 2. The molecular formula is C24H24N2O5. The number of aryl methyl sites for hydroxylation is 2. The Morgan fingerprint density at radius 3 is 2.16 bits per heavy atom. The number of imidazole rings is 1. The first-order chi connectivity index (χ1) is 14.9. The first kappa shape index (κ1) is 20.7. The van der Waals surface area contributed by atoms with Crippen LogP contribution in [0.4, 0.5) is 0 Å². The Labute approximate surface area is 179 Å². The van der Waals surface area contributed by atoms with E-state index < -0.39 is 11.9 Å². The number of ether oxygens (including phenoxy) is 2. The summed E-state index contributed by atoms with van der Waals surface area (Å²) in [6, 6.07) is 11.4. The second kappa shape index (κ2) is 7.91. The summed E-state index contributed by atoms with van der Waals surface area (Å²) in [5, 5.41) is 0. The third kappa shape index (κ3) is 3.17. The van der Waals surface area contributed by atoms with E-state index in [1.54, 1.807) is 28.9 Å². The fourth-order valence-corrected chi connectivity index (χ4v) is 4.10. The number of aromatic nitrogens is 2. The minimum Gasteiger partial charge on any atom is -0.462 e. The molecule has 0 spiro atoms. The van der Waals surface area contributed by atoms with Crippen molar-refractivity contribution in [2.45, 2.75) is 34.2 Å². The quantitative estimate of drug-likeness (QED) is 0.444. The molecule has 7 nitrogen and oxygen atoms in total. The maximum Gasteiger partial charge on any atom is 0.341 e. The van der Waals surface area contributed by atoms with Gasteiger partial charge in [0.05, 0.1) is 25.3 Å². The lowest BCUT2D eigenvalue weighted by Crippen LogP contribution is -2.20. The van der Waals surface area contributed by atoms with Crippen molar-refractivity contribution in [2.75, 3.05) is 13.2 Å². The van der Waals surface area contributed by atoms with Gasteiger partial charge in [-0.25, -0.2) is 9.59 Å². The van der Waals surface area contributed by atoms with Crippen molar-refractivity contribution in [3.8, 4) is 0 Å². The van der Waals surface area contributed by atoms with Gasteiger partial charge in [0.25, 0.3) is 5.56 Å². The van der Waals surface area contributed by atoms with Gasteiger partial charge in [-0.1, -0.05) is 30.3 Å². The van der Waals surface area contributed by atoms with E-state index in [1.165, 1.54) is 0 Å². The van der Waals surface area contributed by atoms with Crippen LogP contribution in [0.3, 0.4) is 0 Å². The van der Waals surface area contributed by atoms with Crippen LogP contribution in [0.15, 0.2) is 41.2 Å². The lowest BCUT2D eigenvalue weighted by molar-refractivity contribution is 0.0483. The van der Waals surface area contributed by atoms with Crippen LogP contribution in [0.2, 0.25) is 0 Å². The number of esters is 2. The molecule has 3 heterocycles. The minimum atomic E-state index is -0.709. The summed E-state index contributed by atoms with van der Waals surface area (Å²) in [6.07, 6.45) is 0. The van der Waals surface area contributed by atoms with Gasteiger partial charge in [-0.15, -0.1) is 0 Å². The van der Waals surface area contributed by atoms with Crippen molar-refractivity contribution in [2.24, 2.45) is 0 Å². The Kier molecular flexibility index (Phi) is 5.27. The van der Waals surface area contributed by atoms with E-state index in [2.05, 4.69) is 0 Å². The van der Waals surface area contributed by atoms with Crippen molar-refractivity contribution in [1.29, 1.82) is 0 Å². The molecule has 0 saturated carbocycles. The smallest absolute Gasteiger partial charge is 0.341 e. The van der Waals surface area contributed by atoms with Gasteiger partial charge in [0.1, 0.15) is 22.3 Å². The van der Waals surface area contributed by atoms with Gasteiger partial charge in [-0.05, 0) is 50.5 Å². The molecule has 0 aliphatic rings. The van der Waals surface area contributed by atoms with Gasteiger partial charge in [0.2, 0.25) is 0 Å². The lowest BCUT2D eigenvalue weighted by atomic mass is 10.1. The van der Waals surface area contributed by atoms with Crippen LogP contribution < -0.4 is 5.56 Å². The zero-order valence-corrected chi connectivity index (χ0v) is 18.0. The van der Waals surface area contributed by atoms with E-state index in [0.717, 1.165) is 16.7 Å².